The van der Waals surface area contributed by atoms with E-state index in [1.54, 1.807) is 13.3 Å². The largest absolute Gasteiger partial charge is 0.497 e. The van der Waals surface area contributed by atoms with Gasteiger partial charge in [0.25, 0.3) is 0 Å². The third-order valence-electron chi connectivity index (χ3n) is 4.95. The third-order valence-corrected chi connectivity index (χ3v) is 4.95. The van der Waals surface area contributed by atoms with Crippen LogP contribution in [0.15, 0.2) is 30.5 Å². The topological polar surface area (TPSA) is 101 Å². The van der Waals surface area contributed by atoms with Gasteiger partial charge in [-0.1, -0.05) is 25.8 Å². The van der Waals surface area contributed by atoms with Crippen LogP contribution in [-0.2, 0) is 0 Å². The second-order valence-corrected chi connectivity index (χ2v) is 9.19. The first-order chi connectivity index (χ1) is 15.7. The molecule has 2 heterocycles. The Labute approximate surface area is 195 Å². The highest BCUT2D eigenvalue weighted by molar-refractivity contribution is 5.96. The Morgan fingerprint density at radius 2 is 1.88 bits per heavy atom. The first kappa shape index (κ1) is 24.2. The lowest BCUT2D eigenvalue weighted by atomic mass is 10.0. The number of carbonyl (C=O) groups excluding carboxylic acids is 1. The Morgan fingerprint density at radius 3 is 2.58 bits per heavy atom. The van der Waals surface area contributed by atoms with Crippen molar-refractivity contribution in [3.05, 3.63) is 36.0 Å². The number of aryl methyl sites for hydroxylation is 1. The number of urea groups is 1. The van der Waals surface area contributed by atoms with Crippen LogP contribution in [0.1, 0.15) is 52.5 Å². The molecule has 0 fully saturated rings. The summed E-state index contributed by atoms with van der Waals surface area (Å²) in [6, 6.07) is 7.53. The first-order valence-electron chi connectivity index (χ1n) is 11.4. The summed E-state index contributed by atoms with van der Waals surface area (Å²) < 4.78 is 5.45. The molecule has 3 aromatic rings. The lowest BCUT2D eigenvalue weighted by molar-refractivity contribution is 0.243. The predicted molar refractivity (Wildman–Crippen MR) is 134 cm³/mol. The zero-order chi connectivity index (χ0) is 24.0. The van der Waals surface area contributed by atoms with Crippen LogP contribution >= 0.6 is 0 Å². The number of hydrogen-bond donors (Lipinski definition) is 3. The standard InChI is InChI=1S/C25H34N6O2/c1-7-8-9-10-26-23-27-15-18-14-20(17-11-16(2)12-19(13-17)33-6)22(28-21(18)29-23)30-24(32)31-25(3,4)5/h11-15H,7-10H2,1-6H3,(H3,26,27,28,29,30,31,32). The molecule has 8 nitrogen and oxygen atoms in total. The Balaban J connectivity index is 2.03. The van der Waals surface area contributed by atoms with Gasteiger partial charge in [0.05, 0.1) is 7.11 Å². The highest BCUT2D eigenvalue weighted by Crippen LogP contribution is 2.33. The molecule has 0 bridgehead atoms. The summed E-state index contributed by atoms with van der Waals surface area (Å²) in [5.41, 5.74) is 2.82. The van der Waals surface area contributed by atoms with E-state index in [0.29, 0.717) is 17.4 Å². The fourth-order valence-corrected chi connectivity index (χ4v) is 3.44. The normalized spacial score (nSPS) is 11.3. The van der Waals surface area contributed by atoms with Gasteiger partial charge >= 0.3 is 6.03 Å². The number of aromatic nitrogens is 3. The quantitative estimate of drug-likeness (QED) is 0.390. The molecule has 0 unspecified atom stereocenters. The maximum atomic E-state index is 12.7. The summed E-state index contributed by atoms with van der Waals surface area (Å²) in [5, 5.41) is 9.87. The Kier molecular flexibility index (Phi) is 7.68. The van der Waals surface area contributed by atoms with E-state index in [9.17, 15) is 4.79 Å². The second kappa shape index (κ2) is 10.5. The number of unbranched alkanes of at least 4 members (excludes halogenated alkanes) is 2. The lowest BCUT2D eigenvalue weighted by Crippen LogP contribution is -2.43. The van der Waals surface area contributed by atoms with Crippen LogP contribution in [0.3, 0.4) is 0 Å². The molecular formula is C25H34N6O2. The van der Waals surface area contributed by atoms with Gasteiger partial charge in [-0.2, -0.15) is 4.98 Å². The summed E-state index contributed by atoms with van der Waals surface area (Å²) in [4.78, 5) is 26.4. The van der Waals surface area contributed by atoms with E-state index in [4.69, 9.17) is 9.72 Å². The van der Waals surface area contributed by atoms with Crippen LogP contribution in [0, 0.1) is 6.92 Å². The van der Waals surface area contributed by atoms with Crippen LogP contribution < -0.4 is 20.7 Å². The number of benzene rings is 1. The number of anilines is 2. The van der Waals surface area contributed by atoms with Gasteiger partial charge in [-0.25, -0.2) is 14.8 Å². The van der Waals surface area contributed by atoms with E-state index in [0.717, 1.165) is 53.6 Å². The van der Waals surface area contributed by atoms with Crippen molar-refractivity contribution in [2.75, 3.05) is 24.3 Å². The Morgan fingerprint density at radius 1 is 1.09 bits per heavy atom. The van der Waals surface area contributed by atoms with Crippen molar-refractivity contribution in [3.63, 3.8) is 0 Å². The van der Waals surface area contributed by atoms with E-state index in [2.05, 4.69) is 32.8 Å². The molecule has 0 aliphatic rings. The molecule has 8 heteroatoms. The molecule has 0 radical (unpaired) electrons. The van der Waals surface area contributed by atoms with E-state index < -0.39 is 0 Å². The molecule has 0 atom stereocenters. The monoisotopic (exact) mass is 450 g/mol. The van der Waals surface area contributed by atoms with Crippen LogP contribution in [0.4, 0.5) is 16.6 Å². The fourth-order valence-electron chi connectivity index (χ4n) is 3.44. The number of ether oxygens (including phenoxy) is 1. The summed E-state index contributed by atoms with van der Waals surface area (Å²) in [5.74, 6) is 1.69. The van der Waals surface area contributed by atoms with Gasteiger partial charge in [0.15, 0.2) is 5.65 Å². The lowest BCUT2D eigenvalue weighted by Gasteiger charge is -2.21. The predicted octanol–water partition coefficient (Wildman–Crippen LogP) is 5.53. The minimum atomic E-state index is -0.384. The number of nitrogens with one attached hydrogen (secondary N) is 3. The van der Waals surface area contributed by atoms with Gasteiger partial charge in [0.2, 0.25) is 5.95 Å². The van der Waals surface area contributed by atoms with Crippen molar-refractivity contribution in [1.82, 2.24) is 20.3 Å². The van der Waals surface area contributed by atoms with Crippen molar-refractivity contribution in [3.8, 4) is 16.9 Å². The van der Waals surface area contributed by atoms with Crippen molar-refractivity contribution < 1.29 is 9.53 Å². The molecule has 0 saturated heterocycles. The van der Waals surface area contributed by atoms with Crippen molar-refractivity contribution in [2.24, 2.45) is 0 Å². The zero-order valence-corrected chi connectivity index (χ0v) is 20.4. The maximum Gasteiger partial charge on any atom is 0.320 e. The van der Waals surface area contributed by atoms with E-state index in [-0.39, 0.29) is 11.6 Å². The van der Waals surface area contributed by atoms with Gasteiger partial charge in [-0.15, -0.1) is 0 Å². The first-order valence-corrected chi connectivity index (χ1v) is 11.4. The minimum Gasteiger partial charge on any atom is -0.497 e. The van der Waals surface area contributed by atoms with E-state index in [1.165, 1.54) is 0 Å². The molecule has 0 aliphatic carbocycles. The second-order valence-electron chi connectivity index (χ2n) is 9.19. The van der Waals surface area contributed by atoms with Crippen LogP contribution in [0.5, 0.6) is 5.75 Å². The van der Waals surface area contributed by atoms with Crippen molar-refractivity contribution in [2.45, 2.75) is 59.4 Å². The van der Waals surface area contributed by atoms with Gasteiger partial charge < -0.3 is 15.4 Å². The van der Waals surface area contributed by atoms with E-state index in [1.807, 2.05) is 52.0 Å². The maximum absolute atomic E-state index is 12.7. The zero-order valence-electron chi connectivity index (χ0n) is 20.4. The minimum absolute atomic E-state index is 0.331. The number of carbonyl (C=O) groups is 1. The average Bonchev–Trinajstić information content (AvgIpc) is 2.74. The molecule has 0 saturated carbocycles. The van der Waals surface area contributed by atoms with Gasteiger partial charge in [0.1, 0.15) is 11.6 Å². The molecule has 2 aromatic heterocycles. The average molecular weight is 451 g/mol. The van der Waals surface area contributed by atoms with Crippen molar-refractivity contribution >= 4 is 28.8 Å². The molecule has 2 amide bonds. The highest BCUT2D eigenvalue weighted by Gasteiger charge is 2.18. The Bertz CT molecular complexity index is 1120. The van der Waals surface area contributed by atoms with Gasteiger partial charge in [-0.05, 0) is 63.4 Å². The van der Waals surface area contributed by atoms with E-state index >= 15 is 0 Å². The molecule has 33 heavy (non-hydrogen) atoms. The third kappa shape index (κ3) is 6.78. The number of rotatable bonds is 8. The summed E-state index contributed by atoms with van der Waals surface area (Å²) in [6.45, 7) is 10.8. The number of pyridine rings is 1. The molecule has 3 N–H and O–H groups in total. The molecule has 1 aromatic carbocycles. The van der Waals surface area contributed by atoms with Crippen LogP contribution in [-0.4, -0.2) is 40.2 Å². The summed E-state index contributed by atoms with van der Waals surface area (Å²) >= 11 is 0. The number of methoxy groups -OCH3 is 1. The summed E-state index contributed by atoms with van der Waals surface area (Å²) in [6.07, 6.45) is 5.12. The molecule has 0 aliphatic heterocycles. The molecule has 0 spiro atoms. The smallest absolute Gasteiger partial charge is 0.320 e. The van der Waals surface area contributed by atoms with Crippen molar-refractivity contribution in [1.29, 1.82) is 0 Å². The van der Waals surface area contributed by atoms with Crippen LogP contribution in [0.2, 0.25) is 0 Å². The highest BCUT2D eigenvalue weighted by atomic mass is 16.5. The van der Waals surface area contributed by atoms with Gasteiger partial charge in [0, 0.05) is 29.2 Å². The molecule has 3 rings (SSSR count). The fraction of sp³-hybridized carbons (Fsp3) is 0.440. The molecular weight excluding hydrogens is 416 g/mol. The Hall–Kier alpha value is -3.42. The summed E-state index contributed by atoms with van der Waals surface area (Å²) in [7, 11) is 1.63. The number of hydrogen-bond acceptors (Lipinski definition) is 6. The number of fused-ring (bicyclic) bond motifs is 1. The number of amides is 2. The molecule has 176 valence electrons. The SMILES string of the molecule is CCCCCNc1ncc2cc(-c3cc(C)cc(OC)c3)c(NC(=O)NC(C)(C)C)nc2n1. The number of nitrogens with zero attached hydrogens (tertiary/aromatic N) is 3. The van der Waals surface area contributed by atoms with Gasteiger partial charge in [-0.3, -0.25) is 5.32 Å². The van der Waals surface area contributed by atoms with Crippen LogP contribution in [0.25, 0.3) is 22.2 Å².